The molecule has 1 atom stereocenters. The van der Waals surface area contributed by atoms with Gasteiger partial charge in [-0.2, -0.15) is 0 Å². The van der Waals surface area contributed by atoms with Gasteiger partial charge in [0, 0.05) is 0 Å². The van der Waals surface area contributed by atoms with Gasteiger partial charge in [0.1, 0.15) is 0 Å². The summed E-state index contributed by atoms with van der Waals surface area (Å²) < 4.78 is 25.1. The molecule has 5 aromatic rings. The Balaban J connectivity index is 1.64. The average Bonchev–Trinajstić information content (AvgIpc) is 3.30. The zero-order valence-corrected chi connectivity index (χ0v) is 23.3. The van der Waals surface area contributed by atoms with Crippen LogP contribution in [0.1, 0.15) is 22.7 Å². The minimum absolute atomic E-state index is 0.643. The SMILES string of the molecule is COc1ccc2c(c1)O[Si-]13(c4ccccc4)Oc4ccccc4[C@@H](C#N)N1c1ccccc1[N+]3=C2c1ccccc1. The second-order valence-electron chi connectivity index (χ2n) is 10.4. The number of hydrogen-bond acceptors (Lipinski definition) is 5. The van der Waals surface area contributed by atoms with Crippen LogP contribution in [0, 0.1) is 11.3 Å². The van der Waals surface area contributed by atoms with Gasteiger partial charge < -0.3 is 0 Å². The summed E-state index contributed by atoms with van der Waals surface area (Å²) in [5, 5.41) is 11.8. The fraction of sp³-hybridized carbons (Fsp3) is 0.0588. The van der Waals surface area contributed by atoms with E-state index in [0.717, 1.165) is 39.0 Å². The molecular formula is C34H25N3O3Si. The first kappa shape index (κ1) is 23.6. The van der Waals surface area contributed by atoms with E-state index in [-0.39, 0.29) is 0 Å². The molecule has 3 aliphatic heterocycles. The first-order chi connectivity index (χ1) is 20.2. The van der Waals surface area contributed by atoms with Gasteiger partial charge in [-0.15, -0.1) is 0 Å². The van der Waals surface area contributed by atoms with E-state index in [2.05, 4.69) is 51.3 Å². The van der Waals surface area contributed by atoms with E-state index in [1.54, 1.807) is 7.11 Å². The predicted molar refractivity (Wildman–Crippen MR) is 159 cm³/mol. The number of anilines is 1. The van der Waals surface area contributed by atoms with Crippen molar-refractivity contribution in [1.82, 2.24) is 0 Å². The molecule has 0 saturated carbocycles. The van der Waals surface area contributed by atoms with Crippen LogP contribution in [0.5, 0.6) is 17.2 Å². The number of ether oxygens (including phenoxy) is 1. The number of nitriles is 1. The molecule has 198 valence electrons. The fourth-order valence-electron chi connectivity index (χ4n) is 6.77. The third-order valence-electron chi connectivity index (χ3n) is 8.37. The summed E-state index contributed by atoms with van der Waals surface area (Å²) in [5.41, 5.74) is 5.52. The molecule has 0 N–H and O–H groups in total. The Morgan fingerprint density at radius 2 is 1.46 bits per heavy atom. The normalized spacial score (nSPS) is 19.4. The Morgan fingerprint density at radius 1 is 0.780 bits per heavy atom. The Hall–Kier alpha value is -5.32. The summed E-state index contributed by atoms with van der Waals surface area (Å²) in [6.45, 7) is 0. The second kappa shape index (κ2) is 8.34. The van der Waals surface area contributed by atoms with Crippen LogP contribution in [-0.2, 0) is 0 Å². The number of nitrogens with zero attached hydrogens (tertiary/aromatic N) is 3. The standard InChI is InChI=1S/C34H25N3O3Si/c1-38-25-20-21-28-33(22-25)40-41(26-14-6-3-7-15-26)36(31(23-35)27-16-8-11-19-32(27)39-41)29-17-9-10-18-30(29)37(41)34(28)24-12-4-2-5-13-24/h2-22,31H,1H3/t31-/m1/s1. The molecule has 41 heavy (non-hydrogen) atoms. The number of benzene rings is 5. The number of hydrogen-bond donors (Lipinski definition) is 0. The van der Waals surface area contributed by atoms with Crippen molar-refractivity contribution in [2.24, 2.45) is 0 Å². The molecule has 0 aromatic heterocycles. The van der Waals surface area contributed by atoms with Crippen LogP contribution in [0.15, 0.2) is 127 Å². The zero-order chi connectivity index (χ0) is 27.6. The molecule has 6 nitrogen and oxygen atoms in total. The van der Waals surface area contributed by atoms with Crippen LogP contribution >= 0.6 is 0 Å². The Bertz CT molecular complexity index is 1940. The number of methoxy groups -OCH3 is 1. The number of rotatable bonds is 3. The van der Waals surface area contributed by atoms with Crippen molar-refractivity contribution in [3.63, 3.8) is 0 Å². The molecule has 5 aromatic carbocycles. The molecule has 1 spiro atoms. The van der Waals surface area contributed by atoms with Crippen LogP contribution in [0.25, 0.3) is 0 Å². The molecule has 3 aliphatic rings. The van der Waals surface area contributed by atoms with E-state index in [1.165, 1.54) is 0 Å². The number of fused-ring (bicyclic) bond motifs is 5. The molecule has 8 rings (SSSR count). The van der Waals surface area contributed by atoms with Gasteiger partial charge in [-0.05, 0) is 0 Å². The molecule has 0 radical (unpaired) electrons. The van der Waals surface area contributed by atoms with E-state index in [0.29, 0.717) is 17.2 Å². The van der Waals surface area contributed by atoms with Gasteiger partial charge in [0.25, 0.3) is 0 Å². The molecular weight excluding hydrogens is 526 g/mol. The van der Waals surface area contributed by atoms with Crippen LogP contribution in [0.2, 0.25) is 0 Å². The Kier molecular flexibility index (Phi) is 4.79. The Labute approximate surface area is 238 Å². The molecule has 0 amide bonds. The maximum atomic E-state index is 10.9. The van der Waals surface area contributed by atoms with E-state index in [9.17, 15) is 5.26 Å². The van der Waals surface area contributed by atoms with E-state index >= 15 is 0 Å². The second-order valence-corrected chi connectivity index (χ2v) is 14.3. The summed E-state index contributed by atoms with van der Waals surface area (Å²) in [5.74, 6) is 1.96. The van der Waals surface area contributed by atoms with E-state index in [1.807, 2.05) is 91.0 Å². The molecule has 0 bridgehead atoms. The summed E-state index contributed by atoms with van der Waals surface area (Å²) in [6, 6.07) is 44.4. The van der Waals surface area contributed by atoms with Crippen LogP contribution < -0.4 is 23.3 Å². The van der Waals surface area contributed by atoms with Gasteiger partial charge in [0.15, 0.2) is 0 Å². The molecule has 7 heteroatoms. The monoisotopic (exact) mass is 551 g/mol. The maximum absolute atomic E-state index is 10.9. The molecule has 0 aliphatic carbocycles. The van der Waals surface area contributed by atoms with E-state index in [4.69, 9.17) is 13.6 Å². The van der Waals surface area contributed by atoms with Crippen molar-refractivity contribution in [3.05, 3.63) is 144 Å². The molecule has 0 saturated heterocycles. The third-order valence-corrected chi connectivity index (χ3v) is 13.5. The quantitative estimate of drug-likeness (QED) is 0.256. The minimum atomic E-state index is -4.84. The van der Waals surface area contributed by atoms with Crippen LogP contribution in [-0.4, -0.2) is 25.2 Å². The summed E-state index contributed by atoms with van der Waals surface area (Å²) in [4.78, 5) is 0. The van der Waals surface area contributed by atoms with Crippen molar-refractivity contribution in [2.75, 3.05) is 11.7 Å². The topological polar surface area (TPSA) is 57.7 Å². The average molecular weight is 552 g/mol. The van der Waals surface area contributed by atoms with Crippen molar-refractivity contribution in [2.45, 2.75) is 6.04 Å². The van der Waals surface area contributed by atoms with Gasteiger partial charge in [-0.25, -0.2) is 0 Å². The predicted octanol–water partition coefficient (Wildman–Crippen LogP) is 6.04. The zero-order valence-electron chi connectivity index (χ0n) is 22.3. The third kappa shape index (κ3) is 2.87. The number of para-hydroxylation sites is 3. The van der Waals surface area contributed by atoms with Crippen molar-refractivity contribution >= 4 is 30.4 Å². The van der Waals surface area contributed by atoms with Gasteiger partial charge in [-0.3, -0.25) is 0 Å². The van der Waals surface area contributed by atoms with Crippen molar-refractivity contribution in [3.8, 4) is 23.3 Å². The van der Waals surface area contributed by atoms with Gasteiger partial charge in [-0.1, -0.05) is 0 Å². The summed E-state index contributed by atoms with van der Waals surface area (Å²) in [7, 11) is -3.19. The first-order valence-electron chi connectivity index (χ1n) is 13.6. The van der Waals surface area contributed by atoms with Gasteiger partial charge in [0.2, 0.25) is 0 Å². The van der Waals surface area contributed by atoms with Crippen LogP contribution in [0.4, 0.5) is 11.4 Å². The molecule has 3 heterocycles. The Morgan fingerprint density at radius 3 is 2.24 bits per heavy atom. The van der Waals surface area contributed by atoms with Gasteiger partial charge >= 0.3 is 239 Å². The van der Waals surface area contributed by atoms with Crippen molar-refractivity contribution < 1.29 is 17.8 Å². The van der Waals surface area contributed by atoms with Crippen molar-refractivity contribution in [1.29, 1.82) is 5.26 Å². The summed E-state index contributed by atoms with van der Waals surface area (Å²) in [6.07, 6.45) is 0. The summed E-state index contributed by atoms with van der Waals surface area (Å²) >= 11 is 0. The fourth-order valence-corrected chi connectivity index (χ4v) is 12.6. The van der Waals surface area contributed by atoms with Crippen LogP contribution in [0.3, 0.4) is 0 Å². The first-order valence-corrected chi connectivity index (χ1v) is 15.8. The van der Waals surface area contributed by atoms with E-state index < -0.39 is 14.2 Å². The molecule has 0 unspecified atom stereocenters. The van der Waals surface area contributed by atoms with Gasteiger partial charge in [0.05, 0.1) is 0 Å². The molecule has 0 fully saturated rings.